The molecule has 0 aliphatic carbocycles. The van der Waals surface area contributed by atoms with Gasteiger partial charge in [-0.05, 0) is 19.3 Å². The van der Waals surface area contributed by atoms with E-state index in [9.17, 15) is 0 Å². The zero-order chi connectivity index (χ0) is 10.9. The SMILES string of the molecule is CCCC[P+](C)(CCCC)CCCC.[Br-]. The van der Waals surface area contributed by atoms with E-state index >= 15 is 0 Å². The molecular weight excluding hydrogens is 267 g/mol. The maximum atomic E-state index is 2.62. The van der Waals surface area contributed by atoms with Crippen molar-refractivity contribution >= 4 is 7.26 Å². The molecule has 0 fully saturated rings. The largest absolute Gasteiger partial charge is 1.00 e. The molecule has 0 aliphatic heterocycles. The van der Waals surface area contributed by atoms with Gasteiger partial charge in [-0.2, -0.15) is 0 Å². The molecule has 0 saturated carbocycles. The number of hydrogen-bond donors (Lipinski definition) is 0. The standard InChI is InChI=1S/C13H30P.BrH/c1-5-8-11-14(4,12-9-6-2)13-10-7-3;/h5-13H2,1-4H3;1H/q+1;/p-1. The molecule has 0 aliphatic rings. The highest BCUT2D eigenvalue weighted by Crippen LogP contribution is 2.57. The predicted molar refractivity (Wildman–Crippen MR) is 72.2 cm³/mol. The van der Waals surface area contributed by atoms with Crippen molar-refractivity contribution in [3.05, 3.63) is 0 Å². The van der Waals surface area contributed by atoms with Crippen LogP contribution in [0.1, 0.15) is 59.3 Å². The van der Waals surface area contributed by atoms with Gasteiger partial charge < -0.3 is 17.0 Å². The minimum absolute atomic E-state index is 0. The van der Waals surface area contributed by atoms with Crippen molar-refractivity contribution in [3.8, 4) is 0 Å². The molecule has 0 radical (unpaired) electrons. The Hall–Kier alpha value is 0.910. The molecule has 0 amide bonds. The topological polar surface area (TPSA) is 0 Å². The molecule has 0 aromatic carbocycles. The monoisotopic (exact) mass is 296 g/mol. The van der Waals surface area contributed by atoms with Crippen LogP contribution < -0.4 is 17.0 Å². The van der Waals surface area contributed by atoms with E-state index in [-0.39, 0.29) is 17.0 Å². The van der Waals surface area contributed by atoms with Crippen LogP contribution in [0.3, 0.4) is 0 Å². The normalized spacial score (nSPS) is 11.2. The van der Waals surface area contributed by atoms with Crippen LogP contribution >= 0.6 is 7.26 Å². The van der Waals surface area contributed by atoms with E-state index in [1.165, 1.54) is 38.5 Å². The second-order valence-corrected chi connectivity index (χ2v) is 9.43. The summed E-state index contributed by atoms with van der Waals surface area (Å²) >= 11 is 0. The summed E-state index contributed by atoms with van der Waals surface area (Å²) in [4.78, 5) is 0. The minimum Gasteiger partial charge on any atom is -1.00 e. The van der Waals surface area contributed by atoms with Crippen molar-refractivity contribution < 1.29 is 17.0 Å². The average molecular weight is 297 g/mol. The Morgan fingerprint density at radius 2 is 0.933 bits per heavy atom. The van der Waals surface area contributed by atoms with Gasteiger partial charge in [-0.15, -0.1) is 0 Å². The van der Waals surface area contributed by atoms with Gasteiger partial charge in [0.2, 0.25) is 0 Å². The van der Waals surface area contributed by atoms with Crippen LogP contribution in [0.2, 0.25) is 0 Å². The van der Waals surface area contributed by atoms with Crippen molar-refractivity contribution in [2.45, 2.75) is 59.3 Å². The van der Waals surface area contributed by atoms with Crippen molar-refractivity contribution in [1.29, 1.82) is 0 Å². The van der Waals surface area contributed by atoms with Crippen LogP contribution in [0, 0.1) is 0 Å². The fourth-order valence-electron chi connectivity index (χ4n) is 1.95. The van der Waals surface area contributed by atoms with Gasteiger partial charge in [0.1, 0.15) is 0 Å². The maximum absolute atomic E-state index is 2.62. The summed E-state index contributed by atoms with van der Waals surface area (Å²) in [7, 11) is -0.519. The van der Waals surface area contributed by atoms with Crippen LogP contribution in [-0.4, -0.2) is 25.2 Å². The van der Waals surface area contributed by atoms with E-state index in [2.05, 4.69) is 27.4 Å². The Labute approximate surface area is 109 Å². The fourth-order valence-corrected chi connectivity index (χ4v) is 5.86. The molecule has 94 valence electrons. The van der Waals surface area contributed by atoms with Gasteiger partial charge in [-0.3, -0.25) is 0 Å². The van der Waals surface area contributed by atoms with Gasteiger partial charge >= 0.3 is 0 Å². The fraction of sp³-hybridized carbons (Fsp3) is 1.00. The maximum Gasteiger partial charge on any atom is 0.0591 e. The highest BCUT2D eigenvalue weighted by atomic mass is 79.9. The van der Waals surface area contributed by atoms with Gasteiger partial charge in [0.15, 0.2) is 0 Å². The first-order valence-corrected chi connectivity index (χ1v) is 9.31. The van der Waals surface area contributed by atoms with E-state index in [1.807, 2.05) is 0 Å². The van der Waals surface area contributed by atoms with Crippen molar-refractivity contribution in [2.75, 3.05) is 25.2 Å². The van der Waals surface area contributed by atoms with Gasteiger partial charge in [0, 0.05) is 13.9 Å². The number of unbranched alkanes of at least 4 members (excludes halogenated alkanes) is 3. The Balaban J connectivity index is 0. The molecule has 0 aromatic rings. The minimum atomic E-state index is -0.519. The van der Waals surface area contributed by atoms with E-state index in [0.717, 1.165) is 0 Å². The molecule has 0 rings (SSSR count). The third-order valence-electron chi connectivity index (χ3n) is 3.15. The molecule has 0 unspecified atom stereocenters. The summed E-state index contributed by atoms with van der Waals surface area (Å²) in [5, 5.41) is 0. The molecule has 0 nitrogen and oxygen atoms in total. The van der Waals surface area contributed by atoms with E-state index in [4.69, 9.17) is 0 Å². The first kappa shape index (κ1) is 18.3. The lowest BCUT2D eigenvalue weighted by atomic mass is 10.4. The van der Waals surface area contributed by atoms with Gasteiger partial charge in [0.05, 0.1) is 18.5 Å². The van der Waals surface area contributed by atoms with E-state index in [0.29, 0.717) is 0 Å². The first-order chi connectivity index (χ1) is 6.68. The Kier molecular flexibility index (Phi) is 13.9. The quantitative estimate of drug-likeness (QED) is 0.571. The molecule has 0 spiro atoms. The number of hydrogen-bond acceptors (Lipinski definition) is 0. The molecular formula is C13H30BrP. The zero-order valence-electron chi connectivity index (χ0n) is 11.2. The summed E-state index contributed by atoms with van der Waals surface area (Å²) < 4.78 is 0. The van der Waals surface area contributed by atoms with Crippen LogP contribution in [0.25, 0.3) is 0 Å². The summed E-state index contributed by atoms with van der Waals surface area (Å²) in [6.45, 7) is 9.59. The second-order valence-electron chi connectivity index (χ2n) is 4.85. The van der Waals surface area contributed by atoms with Crippen LogP contribution in [-0.2, 0) is 0 Å². The summed E-state index contributed by atoms with van der Waals surface area (Å²) in [6, 6.07) is 0. The number of rotatable bonds is 9. The molecule has 0 aromatic heterocycles. The first-order valence-electron chi connectivity index (χ1n) is 6.52. The van der Waals surface area contributed by atoms with Gasteiger partial charge in [0.25, 0.3) is 0 Å². The third-order valence-corrected chi connectivity index (χ3v) is 7.34. The molecule has 15 heavy (non-hydrogen) atoms. The van der Waals surface area contributed by atoms with Gasteiger partial charge in [-0.25, -0.2) is 0 Å². The lowest BCUT2D eigenvalue weighted by molar-refractivity contribution is -0.00000339. The lowest BCUT2D eigenvalue weighted by Gasteiger charge is -2.22. The van der Waals surface area contributed by atoms with E-state index in [1.54, 1.807) is 18.5 Å². The second kappa shape index (κ2) is 11.4. The highest BCUT2D eigenvalue weighted by Gasteiger charge is 2.28. The Bertz CT molecular complexity index is 104. The zero-order valence-corrected chi connectivity index (χ0v) is 13.7. The molecule has 0 bridgehead atoms. The summed E-state index contributed by atoms with van der Waals surface area (Å²) in [5.74, 6) is 0. The van der Waals surface area contributed by atoms with Crippen molar-refractivity contribution in [1.82, 2.24) is 0 Å². The third kappa shape index (κ3) is 9.82. The molecule has 0 heterocycles. The number of halogens is 1. The van der Waals surface area contributed by atoms with Crippen LogP contribution in [0.15, 0.2) is 0 Å². The summed E-state index contributed by atoms with van der Waals surface area (Å²) in [5.41, 5.74) is 0. The van der Waals surface area contributed by atoms with Crippen LogP contribution in [0.5, 0.6) is 0 Å². The molecule has 2 heteroatoms. The average Bonchev–Trinajstić information content (AvgIpc) is 2.21. The highest BCUT2D eigenvalue weighted by molar-refractivity contribution is 7.75. The summed E-state index contributed by atoms with van der Waals surface area (Å²) in [6.07, 6.45) is 13.2. The van der Waals surface area contributed by atoms with E-state index < -0.39 is 7.26 Å². The Morgan fingerprint density at radius 1 is 0.667 bits per heavy atom. The lowest BCUT2D eigenvalue weighted by Crippen LogP contribution is -3.00. The van der Waals surface area contributed by atoms with Crippen molar-refractivity contribution in [2.24, 2.45) is 0 Å². The Morgan fingerprint density at radius 3 is 1.13 bits per heavy atom. The smallest absolute Gasteiger partial charge is 0.0591 e. The van der Waals surface area contributed by atoms with Gasteiger partial charge in [-0.1, -0.05) is 40.0 Å². The van der Waals surface area contributed by atoms with Crippen molar-refractivity contribution in [3.63, 3.8) is 0 Å². The van der Waals surface area contributed by atoms with Crippen LogP contribution in [0.4, 0.5) is 0 Å². The molecule has 0 atom stereocenters. The molecule has 0 saturated heterocycles. The predicted octanol–water partition coefficient (Wildman–Crippen LogP) is 2.04. The molecule has 0 N–H and O–H groups in total.